The van der Waals surface area contributed by atoms with E-state index in [0.29, 0.717) is 5.69 Å². The normalized spacial score (nSPS) is 12.9. The smallest absolute Gasteiger partial charge is 0.243 e. The molecule has 1 heterocycles. The van der Waals surface area contributed by atoms with E-state index in [1.807, 2.05) is 4.90 Å². The second-order valence-corrected chi connectivity index (χ2v) is 4.86. The zero-order valence-corrected chi connectivity index (χ0v) is 14.1. The van der Waals surface area contributed by atoms with E-state index >= 15 is 0 Å². The fraction of sp³-hybridized carbons (Fsp3) is 0.429. The topological polar surface area (TPSA) is 87.5 Å². The molecular formula is C14H21Cl2FN4O2. The Balaban J connectivity index is 0.00000242. The van der Waals surface area contributed by atoms with E-state index in [0.717, 1.165) is 25.9 Å². The molecule has 0 bridgehead atoms. The van der Waals surface area contributed by atoms with Gasteiger partial charge in [0.05, 0.1) is 18.8 Å². The Morgan fingerprint density at radius 1 is 1.17 bits per heavy atom. The van der Waals surface area contributed by atoms with Crippen LogP contribution < -0.4 is 21.3 Å². The minimum atomic E-state index is -0.488. The van der Waals surface area contributed by atoms with Gasteiger partial charge in [-0.2, -0.15) is 0 Å². The Morgan fingerprint density at radius 3 is 2.43 bits per heavy atom. The monoisotopic (exact) mass is 366 g/mol. The molecule has 1 fully saturated rings. The Kier molecular flexibility index (Phi) is 9.55. The van der Waals surface area contributed by atoms with Gasteiger partial charge in [-0.15, -0.1) is 24.8 Å². The zero-order valence-electron chi connectivity index (χ0n) is 12.5. The number of anilines is 2. The van der Waals surface area contributed by atoms with Gasteiger partial charge >= 0.3 is 0 Å². The van der Waals surface area contributed by atoms with Crippen molar-refractivity contribution in [2.24, 2.45) is 5.73 Å². The predicted octanol–water partition coefficient (Wildman–Crippen LogP) is 1.28. The van der Waals surface area contributed by atoms with Gasteiger partial charge in [-0.3, -0.25) is 9.59 Å². The van der Waals surface area contributed by atoms with E-state index in [2.05, 4.69) is 10.6 Å². The van der Waals surface area contributed by atoms with Crippen LogP contribution in [0.2, 0.25) is 0 Å². The summed E-state index contributed by atoms with van der Waals surface area (Å²) in [7, 11) is 0. The van der Waals surface area contributed by atoms with Crippen LogP contribution in [0.25, 0.3) is 0 Å². The van der Waals surface area contributed by atoms with Gasteiger partial charge in [0.15, 0.2) is 0 Å². The van der Waals surface area contributed by atoms with Gasteiger partial charge in [-0.1, -0.05) is 6.07 Å². The van der Waals surface area contributed by atoms with E-state index in [4.69, 9.17) is 5.73 Å². The van der Waals surface area contributed by atoms with E-state index in [-0.39, 0.29) is 43.6 Å². The summed E-state index contributed by atoms with van der Waals surface area (Å²) in [4.78, 5) is 24.9. The lowest BCUT2D eigenvalue weighted by Gasteiger charge is -2.22. The molecule has 0 spiro atoms. The Morgan fingerprint density at radius 2 is 1.83 bits per heavy atom. The molecule has 1 saturated heterocycles. The molecule has 1 aromatic rings. The molecule has 0 atom stereocenters. The lowest BCUT2D eigenvalue weighted by molar-refractivity contribution is -0.123. The van der Waals surface area contributed by atoms with E-state index in [9.17, 15) is 14.0 Å². The van der Waals surface area contributed by atoms with Crippen molar-refractivity contribution < 1.29 is 14.0 Å². The summed E-state index contributed by atoms with van der Waals surface area (Å²) in [5, 5.41) is 4.87. The highest BCUT2D eigenvalue weighted by atomic mass is 35.5. The molecule has 2 rings (SSSR count). The Bertz CT molecular complexity index is 540. The number of nitrogens with one attached hydrogen (secondary N) is 2. The number of nitrogens with two attached hydrogens (primary N) is 1. The quantitative estimate of drug-likeness (QED) is 0.732. The third-order valence-corrected chi connectivity index (χ3v) is 3.33. The van der Waals surface area contributed by atoms with E-state index < -0.39 is 17.6 Å². The number of carbonyl (C=O) groups excluding carboxylic acids is 2. The summed E-state index contributed by atoms with van der Waals surface area (Å²) < 4.78 is 14.0. The SMILES string of the molecule is Cl.Cl.NCC(=O)NCC(=O)Nc1c(F)cccc1N1CCCC1. The zero-order chi connectivity index (χ0) is 15.2. The van der Waals surface area contributed by atoms with E-state index in [1.54, 1.807) is 12.1 Å². The highest BCUT2D eigenvalue weighted by Crippen LogP contribution is 2.31. The summed E-state index contributed by atoms with van der Waals surface area (Å²) in [6.45, 7) is 1.27. The van der Waals surface area contributed by atoms with Gasteiger partial charge in [0.2, 0.25) is 11.8 Å². The van der Waals surface area contributed by atoms with Crippen molar-refractivity contribution in [1.82, 2.24) is 5.32 Å². The maximum atomic E-state index is 14.0. The first kappa shape index (κ1) is 21.4. The lowest BCUT2D eigenvalue weighted by atomic mass is 10.2. The second kappa shape index (κ2) is 10.3. The number of amides is 2. The first-order valence-electron chi connectivity index (χ1n) is 6.92. The molecule has 0 radical (unpaired) electrons. The van der Waals surface area contributed by atoms with Crippen LogP contribution in [-0.4, -0.2) is 38.0 Å². The number of carbonyl (C=O) groups is 2. The fourth-order valence-corrected chi connectivity index (χ4v) is 2.29. The number of hydrogen-bond donors (Lipinski definition) is 3. The van der Waals surface area contributed by atoms with Crippen molar-refractivity contribution in [3.05, 3.63) is 24.0 Å². The first-order chi connectivity index (χ1) is 10.1. The van der Waals surface area contributed by atoms with Crippen LogP contribution in [0.1, 0.15) is 12.8 Å². The Labute approximate surface area is 146 Å². The molecule has 4 N–H and O–H groups in total. The van der Waals surface area contributed by atoms with Crippen LogP contribution in [0.15, 0.2) is 18.2 Å². The minimum Gasteiger partial charge on any atom is -0.370 e. The third kappa shape index (κ3) is 5.85. The minimum absolute atomic E-state index is 0. The van der Waals surface area contributed by atoms with Gasteiger partial charge < -0.3 is 21.3 Å². The molecule has 9 heteroatoms. The highest BCUT2D eigenvalue weighted by molar-refractivity contribution is 5.97. The summed E-state index contributed by atoms with van der Waals surface area (Å²) in [6, 6.07) is 4.70. The van der Waals surface area contributed by atoms with Crippen molar-refractivity contribution in [1.29, 1.82) is 0 Å². The molecule has 1 aliphatic heterocycles. The van der Waals surface area contributed by atoms with Crippen LogP contribution in [-0.2, 0) is 9.59 Å². The number of para-hydroxylation sites is 1. The van der Waals surface area contributed by atoms with E-state index in [1.165, 1.54) is 6.07 Å². The van der Waals surface area contributed by atoms with Crippen LogP contribution in [0.3, 0.4) is 0 Å². The van der Waals surface area contributed by atoms with Gasteiger partial charge in [0.25, 0.3) is 0 Å². The molecule has 1 aliphatic rings. The molecule has 0 aromatic heterocycles. The van der Waals surface area contributed by atoms with Crippen LogP contribution in [0, 0.1) is 5.82 Å². The molecule has 2 amide bonds. The van der Waals surface area contributed by atoms with Crippen molar-refractivity contribution in [3.63, 3.8) is 0 Å². The van der Waals surface area contributed by atoms with Crippen molar-refractivity contribution >= 4 is 48.0 Å². The van der Waals surface area contributed by atoms with Gasteiger partial charge in [0.1, 0.15) is 11.5 Å². The number of benzene rings is 1. The lowest BCUT2D eigenvalue weighted by Crippen LogP contribution is -2.37. The Hall–Kier alpha value is -1.57. The van der Waals surface area contributed by atoms with Crippen LogP contribution >= 0.6 is 24.8 Å². The molecule has 23 heavy (non-hydrogen) atoms. The van der Waals surface area contributed by atoms with Crippen molar-refractivity contribution in [2.45, 2.75) is 12.8 Å². The van der Waals surface area contributed by atoms with Crippen molar-refractivity contribution in [2.75, 3.05) is 36.4 Å². The maximum Gasteiger partial charge on any atom is 0.243 e. The molecule has 0 aliphatic carbocycles. The average Bonchev–Trinajstić information content (AvgIpc) is 3.01. The number of hydrogen-bond acceptors (Lipinski definition) is 4. The number of rotatable bonds is 5. The van der Waals surface area contributed by atoms with Crippen LogP contribution in [0.4, 0.5) is 15.8 Å². The summed E-state index contributed by atoms with van der Waals surface area (Å²) in [5.41, 5.74) is 5.96. The average molecular weight is 367 g/mol. The van der Waals surface area contributed by atoms with Gasteiger partial charge in [-0.25, -0.2) is 4.39 Å². The molecule has 1 aromatic carbocycles. The summed E-state index contributed by atoms with van der Waals surface area (Å²) in [5.74, 6) is -1.40. The summed E-state index contributed by atoms with van der Waals surface area (Å²) in [6.07, 6.45) is 2.10. The third-order valence-electron chi connectivity index (χ3n) is 3.33. The largest absolute Gasteiger partial charge is 0.370 e. The van der Waals surface area contributed by atoms with Gasteiger partial charge in [-0.05, 0) is 25.0 Å². The molecule has 0 unspecified atom stereocenters. The van der Waals surface area contributed by atoms with Crippen molar-refractivity contribution in [3.8, 4) is 0 Å². The second-order valence-electron chi connectivity index (χ2n) is 4.86. The highest BCUT2D eigenvalue weighted by Gasteiger charge is 2.19. The first-order valence-corrected chi connectivity index (χ1v) is 6.92. The number of nitrogens with zero attached hydrogens (tertiary/aromatic N) is 1. The van der Waals surface area contributed by atoms with Gasteiger partial charge in [0, 0.05) is 13.1 Å². The fourth-order valence-electron chi connectivity index (χ4n) is 2.29. The molecule has 0 saturated carbocycles. The standard InChI is InChI=1S/C14H19FN4O2.2ClH/c15-10-4-3-5-11(19-6-1-2-7-19)14(10)18-13(21)9-17-12(20)8-16;;/h3-5H,1-2,6-9,16H2,(H,17,20)(H,18,21);2*1H. The predicted molar refractivity (Wildman–Crippen MR) is 93.0 cm³/mol. The molecule has 6 nitrogen and oxygen atoms in total. The van der Waals surface area contributed by atoms with Crippen LogP contribution in [0.5, 0.6) is 0 Å². The summed E-state index contributed by atoms with van der Waals surface area (Å²) >= 11 is 0. The number of halogens is 3. The molecular weight excluding hydrogens is 346 g/mol. The maximum absolute atomic E-state index is 14.0. The molecule has 130 valence electrons.